The van der Waals surface area contributed by atoms with E-state index in [2.05, 4.69) is 9.72 Å². The molecule has 0 fully saturated rings. The van der Waals surface area contributed by atoms with E-state index in [1.807, 2.05) is 0 Å². The van der Waals surface area contributed by atoms with Gasteiger partial charge >= 0.3 is 5.97 Å². The van der Waals surface area contributed by atoms with Crippen LogP contribution in [-0.2, 0) is 4.74 Å². The quantitative estimate of drug-likeness (QED) is 0.657. The molecule has 0 radical (unpaired) electrons. The van der Waals surface area contributed by atoms with Gasteiger partial charge in [-0.25, -0.2) is 4.79 Å². The summed E-state index contributed by atoms with van der Waals surface area (Å²) in [6.07, 6.45) is 2.90. The predicted octanol–water partition coefficient (Wildman–Crippen LogP) is -0.140. The maximum Gasteiger partial charge on any atom is 0.339 e. The Bertz CT molecular complexity index is 328. The molecule has 5 heteroatoms. The predicted molar refractivity (Wildman–Crippen MR) is 49.6 cm³/mol. The topological polar surface area (TPSA) is 85.4 Å². The number of esters is 1. The normalized spacial score (nSPS) is 12.2. The van der Waals surface area contributed by atoms with Crippen LogP contribution >= 0.6 is 0 Å². The third-order valence-corrected chi connectivity index (χ3v) is 1.81. The number of carbonyl (C=O) groups is 1. The first-order valence-corrected chi connectivity index (χ1v) is 4.08. The molecule has 1 heterocycles. The smallest absolute Gasteiger partial charge is 0.339 e. The molecule has 14 heavy (non-hydrogen) atoms. The summed E-state index contributed by atoms with van der Waals surface area (Å²) in [6, 6.07) is 1.03. The van der Waals surface area contributed by atoms with Gasteiger partial charge in [-0.3, -0.25) is 4.98 Å². The number of aromatic nitrogens is 1. The second-order valence-corrected chi connectivity index (χ2v) is 2.79. The number of nitrogens with zero attached hydrogens (tertiary/aromatic N) is 1. The van der Waals surface area contributed by atoms with E-state index in [1.54, 1.807) is 6.07 Å². The van der Waals surface area contributed by atoms with Crippen molar-refractivity contribution in [1.29, 1.82) is 0 Å². The van der Waals surface area contributed by atoms with E-state index in [-0.39, 0.29) is 6.61 Å². The Morgan fingerprint density at radius 2 is 2.43 bits per heavy atom. The number of methoxy groups -OCH3 is 1. The minimum Gasteiger partial charge on any atom is -0.465 e. The lowest BCUT2D eigenvalue weighted by atomic mass is 10.1. The van der Waals surface area contributed by atoms with Crippen LogP contribution < -0.4 is 5.73 Å². The maximum absolute atomic E-state index is 11.1. The van der Waals surface area contributed by atoms with Crippen molar-refractivity contribution in [2.75, 3.05) is 13.7 Å². The molecule has 1 rings (SSSR count). The molecule has 76 valence electrons. The number of ether oxygens (including phenoxy) is 1. The second-order valence-electron chi connectivity index (χ2n) is 2.79. The summed E-state index contributed by atoms with van der Waals surface area (Å²) >= 11 is 0. The molecule has 0 amide bonds. The van der Waals surface area contributed by atoms with E-state index in [0.717, 1.165) is 0 Å². The number of nitrogens with two attached hydrogens (primary N) is 1. The van der Waals surface area contributed by atoms with Crippen molar-refractivity contribution < 1.29 is 14.6 Å². The van der Waals surface area contributed by atoms with E-state index < -0.39 is 12.0 Å². The fraction of sp³-hybridized carbons (Fsp3) is 0.333. The molecule has 0 spiro atoms. The molecule has 0 aliphatic rings. The van der Waals surface area contributed by atoms with Crippen LogP contribution in [-0.4, -0.2) is 29.8 Å². The molecule has 1 aromatic rings. The number of carbonyl (C=O) groups excluding carboxylic acids is 1. The molecule has 3 N–H and O–H groups in total. The highest BCUT2D eigenvalue weighted by atomic mass is 16.5. The first kappa shape index (κ1) is 10.6. The van der Waals surface area contributed by atoms with Gasteiger partial charge in [0.25, 0.3) is 0 Å². The first-order chi connectivity index (χ1) is 6.69. The summed E-state index contributed by atoms with van der Waals surface area (Å²) in [5, 5.41) is 8.81. The summed E-state index contributed by atoms with van der Waals surface area (Å²) < 4.78 is 4.52. The van der Waals surface area contributed by atoms with Gasteiger partial charge in [-0.2, -0.15) is 0 Å². The highest BCUT2D eigenvalue weighted by Crippen LogP contribution is 2.10. The molecule has 0 aliphatic heterocycles. The number of hydrogen-bond acceptors (Lipinski definition) is 5. The van der Waals surface area contributed by atoms with Crippen LogP contribution in [0, 0.1) is 0 Å². The van der Waals surface area contributed by atoms with Gasteiger partial charge in [0.1, 0.15) is 0 Å². The summed E-state index contributed by atoms with van der Waals surface area (Å²) in [7, 11) is 1.29. The fourth-order valence-corrected chi connectivity index (χ4v) is 0.995. The Morgan fingerprint density at radius 1 is 1.71 bits per heavy atom. The molecular weight excluding hydrogens is 184 g/mol. The molecule has 0 saturated heterocycles. The van der Waals surface area contributed by atoms with Crippen LogP contribution in [0.4, 0.5) is 0 Å². The zero-order valence-corrected chi connectivity index (χ0v) is 7.80. The van der Waals surface area contributed by atoms with Gasteiger partial charge in [0.05, 0.1) is 25.3 Å². The van der Waals surface area contributed by atoms with Gasteiger partial charge in [0.15, 0.2) is 0 Å². The number of rotatable bonds is 3. The van der Waals surface area contributed by atoms with Crippen molar-refractivity contribution >= 4 is 5.97 Å². The molecule has 0 unspecified atom stereocenters. The van der Waals surface area contributed by atoms with Crippen molar-refractivity contribution in [3.05, 3.63) is 29.6 Å². The number of pyridine rings is 1. The monoisotopic (exact) mass is 196 g/mol. The minimum absolute atomic E-state index is 0.188. The summed E-state index contributed by atoms with van der Waals surface area (Å²) in [5.74, 6) is -0.468. The molecule has 0 aromatic carbocycles. The zero-order valence-electron chi connectivity index (χ0n) is 7.80. The van der Waals surface area contributed by atoms with Gasteiger partial charge in [0, 0.05) is 12.4 Å². The first-order valence-electron chi connectivity index (χ1n) is 4.08. The largest absolute Gasteiger partial charge is 0.465 e. The molecule has 1 aromatic heterocycles. The van der Waals surface area contributed by atoms with Crippen LogP contribution in [0.5, 0.6) is 0 Å². The highest BCUT2D eigenvalue weighted by Gasteiger charge is 2.10. The Labute approximate surface area is 81.5 Å². The molecule has 0 aliphatic carbocycles. The summed E-state index contributed by atoms with van der Waals surface area (Å²) in [5.41, 5.74) is 6.50. The molecule has 0 bridgehead atoms. The van der Waals surface area contributed by atoms with E-state index in [0.29, 0.717) is 11.1 Å². The molecule has 0 saturated carbocycles. The van der Waals surface area contributed by atoms with Crippen LogP contribution in [0.1, 0.15) is 22.0 Å². The summed E-state index contributed by atoms with van der Waals surface area (Å²) in [4.78, 5) is 14.9. The lowest BCUT2D eigenvalue weighted by Gasteiger charge is -2.08. The lowest BCUT2D eigenvalue weighted by Crippen LogP contribution is -2.15. The summed E-state index contributed by atoms with van der Waals surface area (Å²) in [6.45, 7) is -0.188. The van der Waals surface area contributed by atoms with Crippen LogP contribution in [0.3, 0.4) is 0 Å². The van der Waals surface area contributed by atoms with Crippen molar-refractivity contribution in [3.8, 4) is 0 Å². The molecule has 5 nitrogen and oxygen atoms in total. The Hall–Kier alpha value is -1.46. The third-order valence-electron chi connectivity index (χ3n) is 1.81. The van der Waals surface area contributed by atoms with Gasteiger partial charge in [0.2, 0.25) is 0 Å². The van der Waals surface area contributed by atoms with E-state index in [1.165, 1.54) is 19.5 Å². The van der Waals surface area contributed by atoms with E-state index in [4.69, 9.17) is 10.8 Å². The standard InChI is InChI=1S/C9H12N2O3/c1-14-9(13)7-2-6(3-11-4-7)8(10)5-12/h2-4,8,12H,5,10H2,1H3/t8-/m1/s1. The van der Waals surface area contributed by atoms with Gasteiger partial charge < -0.3 is 15.6 Å². The third kappa shape index (κ3) is 2.27. The minimum atomic E-state index is -0.521. The number of aliphatic hydroxyl groups is 1. The van der Waals surface area contributed by atoms with Crippen molar-refractivity contribution in [1.82, 2.24) is 4.98 Å². The van der Waals surface area contributed by atoms with E-state index >= 15 is 0 Å². The van der Waals surface area contributed by atoms with Crippen molar-refractivity contribution in [2.24, 2.45) is 5.73 Å². The van der Waals surface area contributed by atoms with Crippen LogP contribution in [0.15, 0.2) is 18.5 Å². The Kier molecular flexibility index (Phi) is 3.55. The highest BCUT2D eigenvalue weighted by molar-refractivity contribution is 5.89. The number of hydrogen-bond donors (Lipinski definition) is 2. The Balaban J connectivity index is 2.95. The van der Waals surface area contributed by atoms with Crippen molar-refractivity contribution in [2.45, 2.75) is 6.04 Å². The van der Waals surface area contributed by atoms with Gasteiger partial charge in [-0.1, -0.05) is 0 Å². The lowest BCUT2D eigenvalue weighted by molar-refractivity contribution is 0.0600. The number of aliphatic hydroxyl groups excluding tert-OH is 1. The van der Waals surface area contributed by atoms with Gasteiger partial charge in [-0.05, 0) is 11.6 Å². The second kappa shape index (κ2) is 4.69. The average molecular weight is 196 g/mol. The van der Waals surface area contributed by atoms with Crippen LogP contribution in [0.2, 0.25) is 0 Å². The SMILES string of the molecule is COC(=O)c1cncc([C@H](N)CO)c1. The fourth-order valence-electron chi connectivity index (χ4n) is 0.995. The maximum atomic E-state index is 11.1. The Morgan fingerprint density at radius 3 is 3.00 bits per heavy atom. The van der Waals surface area contributed by atoms with Crippen LogP contribution in [0.25, 0.3) is 0 Å². The molecule has 1 atom stereocenters. The average Bonchev–Trinajstić information content (AvgIpc) is 2.27. The van der Waals surface area contributed by atoms with E-state index in [9.17, 15) is 4.79 Å². The zero-order chi connectivity index (χ0) is 10.6. The molecular formula is C9H12N2O3. The van der Waals surface area contributed by atoms with Gasteiger partial charge in [-0.15, -0.1) is 0 Å². The van der Waals surface area contributed by atoms with Crippen molar-refractivity contribution in [3.63, 3.8) is 0 Å².